The van der Waals surface area contributed by atoms with Crippen LogP contribution in [0.3, 0.4) is 0 Å². The van der Waals surface area contributed by atoms with Crippen LogP contribution in [0.1, 0.15) is 43.7 Å². The summed E-state index contributed by atoms with van der Waals surface area (Å²) < 4.78 is 13.2. The Kier molecular flexibility index (Phi) is 6.08. The van der Waals surface area contributed by atoms with Gasteiger partial charge in [0.05, 0.1) is 5.75 Å². The van der Waals surface area contributed by atoms with Gasteiger partial charge >= 0.3 is 0 Å². The van der Waals surface area contributed by atoms with Crippen LogP contribution >= 0.6 is 11.8 Å². The first-order valence-corrected chi connectivity index (χ1v) is 10.4. The molecule has 2 amide bonds. The Balaban J connectivity index is 1.63. The lowest BCUT2D eigenvalue weighted by atomic mass is 9.86. The van der Waals surface area contributed by atoms with Gasteiger partial charge in [-0.3, -0.25) is 9.59 Å². The van der Waals surface area contributed by atoms with Crippen molar-refractivity contribution >= 4 is 29.3 Å². The molecule has 0 bridgehead atoms. The minimum absolute atomic E-state index is 0.0356. The third-order valence-corrected chi connectivity index (χ3v) is 5.97. The summed E-state index contributed by atoms with van der Waals surface area (Å²) in [4.78, 5) is 26.3. The van der Waals surface area contributed by atoms with E-state index in [9.17, 15) is 14.0 Å². The van der Waals surface area contributed by atoms with Gasteiger partial charge in [-0.25, -0.2) is 4.39 Å². The van der Waals surface area contributed by atoms with Crippen molar-refractivity contribution in [3.05, 3.63) is 65.5 Å². The number of carbonyl (C=O) groups is 2. The number of halogens is 1. The molecule has 0 radical (unpaired) electrons. The molecule has 1 aliphatic heterocycles. The quantitative estimate of drug-likeness (QED) is 0.790. The largest absolute Gasteiger partial charge is 0.326 e. The first-order chi connectivity index (χ1) is 13.2. The van der Waals surface area contributed by atoms with E-state index in [1.165, 1.54) is 17.7 Å². The molecule has 1 unspecified atom stereocenters. The van der Waals surface area contributed by atoms with E-state index in [0.29, 0.717) is 18.0 Å². The lowest BCUT2D eigenvalue weighted by Gasteiger charge is -2.25. The Morgan fingerprint density at radius 3 is 2.57 bits per heavy atom. The molecule has 3 rings (SSSR count). The number of benzene rings is 2. The molecule has 1 fully saturated rings. The zero-order chi connectivity index (χ0) is 20.3. The standard InChI is InChI=1S/C22H25FN2O2S/c1-22(2,3)16-9-7-15(8-10-16)21-25(20(27)14-28-21)12-11-19(26)24-18-6-4-5-17(23)13-18/h4-10,13,21H,11-12,14H2,1-3H3,(H,24,26). The Hall–Kier alpha value is -2.34. The molecule has 1 saturated heterocycles. The Bertz CT molecular complexity index is 862. The highest BCUT2D eigenvalue weighted by Gasteiger charge is 2.33. The topological polar surface area (TPSA) is 49.4 Å². The van der Waals surface area contributed by atoms with Gasteiger partial charge in [0, 0.05) is 18.7 Å². The molecule has 0 aliphatic carbocycles. The minimum atomic E-state index is -0.400. The van der Waals surface area contributed by atoms with Crippen LogP contribution in [0.2, 0.25) is 0 Å². The van der Waals surface area contributed by atoms with Crippen LogP contribution in [0.15, 0.2) is 48.5 Å². The van der Waals surface area contributed by atoms with Crippen LogP contribution < -0.4 is 5.32 Å². The molecule has 1 aliphatic rings. The van der Waals surface area contributed by atoms with Crippen LogP contribution in [-0.4, -0.2) is 29.0 Å². The third kappa shape index (κ3) is 4.93. The number of nitrogens with one attached hydrogen (secondary N) is 1. The van der Waals surface area contributed by atoms with Gasteiger partial charge in [-0.15, -0.1) is 11.8 Å². The predicted molar refractivity (Wildman–Crippen MR) is 112 cm³/mol. The van der Waals surface area contributed by atoms with E-state index in [4.69, 9.17) is 0 Å². The fourth-order valence-corrected chi connectivity index (χ4v) is 4.35. The Morgan fingerprint density at radius 2 is 1.93 bits per heavy atom. The van der Waals surface area contributed by atoms with Crippen LogP contribution in [-0.2, 0) is 15.0 Å². The maximum absolute atomic E-state index is 13.2. The molecule has 1 N–H and O–H groups in total. The fourth-order valence-electron chi connectivity index (χ4n) is 3.13. The number of rotatable bonds is 5. The van der Waals surface area contributed by atoms with E-state index in [0.717, 1.165) is 5.56 Å². The molecule has 2 aromatic carbocycles. The molecule has 4 nitrogen and oxygen atoms in total. The van der Waals surface area contributed by atoms with E-state index in [-0.39, 0.29) is 29.0 Å². The van der Waals surface area contributed by atoms with Crippen LogP contribution in [0.5, 0.6) is 0 Å². The first-order valence-electron chi connectivity index (χ1n) is 9.31. The van der Waals surface area contributed by atoms with Gasteiger partial charge in [-0.2, -0.15) is 0 Å². The summed E-state index contributed by atoms with van der Waals surface area (Å²) in [5.41, 5.74) is 2.80. The summed E-state index contributed by atoms with van der Waals surface area (Å²) in [7, 11) is 0. The summed E-state index contributed by atoms with van der Waals surface area (Å²) >= 11 is 1.58. The molecule has 0 saturated carbocycles. The SMILES string of the molecule is CC(C)(C)c1ccc(C2SCC(=O)N2CCC(=O)Nc2cccc(F)c2)cc1. The Morgan fingerprint density at radius 1 is 1.21 bits per heavy atom. The van der Waals surface area contributed by atoms with E-state index < -0.39 is 5.82 Å². The molecule has 6 heteroatoms. The van der Waals surface area contributed by atoms with E-state index >= 15 is 0 Å². The van der Waals surface area contributed by atoms with E-state index in [2.05, 4.69) is 50.4 Å². The minimum Gasteiger partial charge on any atom is -0.326 e. The van der Waals surface area contributed by atoms with Crippen LogP contribution in [0.25, 0.3) is 0 Å². The fraction of sp³-hybridized carbons (Fsp3) is 0.364. The maximum Gasteiger partial charge on any atom is 0.233 e. The number of hydrogen-bond acceptors (Lipinski definition) is 3. The van der Waals surface area contributed by atoms with Crippen LogP contribution in [0, 0.1) is 5.82 Å². The van der Waals surface area contributed by atoms with Gasteiger partial charge in [0.15, 0.2) is 0 Å². The van der Waals surface area contributed by atoms with Crippen molar-refractivity contribution in [3.63, 3.8) is 0 Å². The predicted octanol–water partition coefficient (Wildman–Crippen LogP) is 4.73. The average molecular weight is 401 g/mol. The second kappa shape index (κ2) is 8.35. The molecule has 1 atom stereocenters. The van der Waals surface area contributed by atoms with E-state index in [1.807, 2.05) is 0 Å². The zero-order valence-corrected chi connectivity index (χ0v) is 17.2. The highest BCUT2D eigenvalue weighted by molar-refractivity contribution is 8.00. The summed E-state index contributed by atoms with van der Waals surface area (Å²) in [5, 5.41) is 2.60. The lowest BCUT2D eigenvalue weighted by Crippen LogP contribution is -2.31. The van der Waals surface area contributed by atoms with Gasteiger partial charge in [0.1, 0.15) is 11.2 Å². The highest BCUT2D eigenvalue weighted by atomic mass is 32.2. The molecule has 0 aromatic heterocycles. The number of amides is 2. The maximum atomic E-state index is 13.2. The number of thioether (sulfide) groups is 1. The van der Waals surface area contributed by atoms with E-state index in [1.54, 1.807) is 28.8 Å². The second-order valence-electron chi connectivity index (χ2n) is 7.93. The normalized spacial score (nSPS) is 17.1. The zero-order valence-electron chi connectivity index (χ0n) is 16.4. The Labute approximate surface area is 169 Å². The number of hydrogen-bond donors (Lipinski definition) is 1. The molecule has 28 heavy (non-hydrogen) atoms. The van der Waals surface area contributed by atoms with Gasteiger partial charge in [-0.1, -0.05) is 51.1 Å². The molecule has 0 spiro atoms. The van der Waals surface area contributed by atoms with Crippen molar-refractivity contribution in [2.75, 3.05) is 17.6 Å². The van der Waals surface area contributed by atoms with Gasteiger partial charge in [0.25, 0.3) is 0 Å². The highest BCUT2D eigenvalue weighted by Crippen LogP contribution is 2.39. The second-order valence-corrected chi connectivity index (χ2v) is 9.00. The molecular formula is C22H25FN2O2S. The third-order valence-electron chi connectivity index (χ3n) is 4.72. The van der Waals surface area contributed by atoms with Crippen molar-refractivity contribution in [2.45, 2.75) is 38.0 Å². The number of anilines is 1. The van der Waals surface area contributed by atoms with Crippen molar-refractivity contribution < 1.29 is 14.0 Å². The molecular weight excluding hydrogens is 375 g/mol. The number of carbonyl (C=O) groups excluding carboxylic acids is 2. The van der Waals surface area contributed by atoms with Gasteiger partial charge < -0.3 is 10.2 Å². The summed E-state index contributed by atoms with van der Waals surface area (Å²) in [6.45, 7) is 6.83. The summed E-state index contributed by atoms with van der Waals surface area (Å²) in [6.07, 6.45) is 0.166. The monoisotopic (exact) mass is 400 g/mol. The number of nitrogens with zero attached hydrogens (tertiary/aromatic N) is 1. The average Bonchev–Trinajstić information content (AvgIpc) is 3.00. The molecule has 2 aromatic rings. The molecule has 1 heterocycles. The summed E-state index contributed by atoms with van der Waals surface area (Å²) in [5.74, 6) is -0.190. The van der Waals surface area contributed by atoms with Crippen molar-refractivity contribution in [1.29, 1.82) is 0 Å². The van der Waals surface area contributed by atoms with Gasteiger partial charge in [-0.05, 0) is 34.7 Å². The summed E-state index contributed by atoms with van der Waals surface area (Å²) in [6, 6.07) is 14.1. The van der Waals surface area contributed by atoms with Gasteiger partial charge in [0.2, 0.25) is 11.8 Å². The van der Waals surface area contributed by atoms with Crippen molar-refractivity contribution in [1.82, 2.24) is 4.90 Å². The lowest BCUT2D eigenvalue weighted by molar-refractivity contribution is -0.128. The molecule has 148 valence electrons. The van der Waals surface area contributed by atoms with Crippen molar-refractivity contribution in [2.24, 2.45) is 0 Å². The smallest absolute Gasteiger partial charge is 0.233 e. The van der Waals surface area contributed by atoms with Crippen LogP contribution in [0.4, 0.5) is 10.1 Å². The van der Waals surface area contributed by atoms with Crippen molar-refractivity contribution in [3.8, 4) is 0 Å². The first kappa shape index (κ1) is 20.4.